The molecule has 0 saturated heterocycles. The van der Waals surface area contributed by atoms with Crippen LogP contribution in [0.5, 0.6) is 0 Å². The van der Waals surface area contributed by atoms with Crippen molar-refractivity contribution in [2.45, 2.75) is 46.3 Å². The second kappa shape index (κ2) is 6.66. The lowest BCUT2D eigenvalue weighted by Gasteiger charge is -2.40. The van der Waals surface area contributed by atoms with Crippen LogP contribution in [0.1, 0.15) is 36.1 Å². The van der Waals surface area contributed by atoms with Crippen LogP contribution in [0.4, 0.5) is 11.4 Å². The number of hydrogen-bond acceptors (Lipinski definition) is 5. The van der Waals surface area contributed by atoms with E-state index in [2.05, 4.69) is 43.0 Å². The zero-order valence-corrected chi connectivity index (χ0v) is 16.9. The molecule has 2 aliphatic heterocycles. The van der Waals surface area contributed by atoms with E-state index in [0.717, 1.165) is 33.6 Å². The van der Waals surface area contributed by atoms with Crippen LogP contribution in [0.15, 0.2) is 36.4 Å². The summed E-state index contributed by atoms with van der Waals surface area (Å²) in [6, 6.07) is 12.6. The van der Waals surface area contributed by atoms with Crippen molar-refractivity contribution in [2.75, 3.05) is 23.0 Å². The Bertz CT molecular complexity index is 968. The topological polar surface area (TPSA) is 49.9 Å². The van der Waals surface area contributed by atoms with E-state index in [-0.39, 0.29) is 18.9 Å². The van der Waals surface area contributed by atoms with Crippen molar-refractivity contribution in [1.29, 1.82) is 0 Å². The van der Waals surface area contributed by atoms with Gasteiger partial charge < -0.3 is 14.5 Å². The average molecular weight is 378 g/mol. The van der Waals surface area contributed by atoms with Gasteiger partial charge in [0.1, 0.15) is 0 Å². The van der Waals surface area contributed by atoms with E-state index in [1.54, 1.807) is 6.92 Å². The number of carbonyl (C=O) groups excluding carboxylic acids is 2. The summed E-state index contributed by atoms with van der Waals surface area (Å²) in [5, 5.41) is 0. The minimum Gasteiger partial charge on any atom is -0.464 e. The number of esters is 1. The molecule has 0 amide bonds. The number of ether oxygens (including phenoxy) is 1. The van der Waals surface area contributed by atoms with E-state index in [1.807, 2.05) is 17.0 Å². The molecule has 2 aliphatic rings. The first kappa shape index (κ1) is 18.5. The van der Waals surface area contributed by atoms with Crippen LogP contribution in [0, 0.1) is 13.8 Å². The lowest BCUT2D eigenvalue weighted by atomic mass is 9.91. The van der Waals surface area contributed by atoms with Gasteiger partial charge in [-0.25, -0.2) is 4.79 Å². The molecular weight excluding hydrogens is 352 g/mol. The number of Topliss-reactive ketones (excluding diaryl/α,β-unsaturated/α-hetero) is 1. The molecule has 0 fully saturated rings. The third-order valence-corrected chi connectivity index (χ3v) is 5.87. The number of hydrogen-bond donors (Lipinski definition) is 0. The molecule has 1 atom stereocenters. The standard InChI is InChI=1S/C23H26N2O3/c1-5-28-22(27)23(17(4)26)14-24-12-18-10-16(3)7-9-21(18)25(23)13-19-11-15(2)6-8-20(19)24/h6-11H,5,12-14H2,1-4H3/t23-/m1/s1. The Morgan fingerprint density at radius 1 is 1.00 bits per heavy atom. The molecule has 5 nitrogen and oxygen atoms in total. The molecule has 0 aliphatic carbocycles. The Balaban J connectivity index is 2.00. The molecule has 28 heavy (non-hydrogen) atoms. The number of fused-ring (bicyclic) bond motifs is 7. The van der Waals surface area contributed by atoms with E-state index in [0.29, 0.717) is 13.1 Å². The van der Waals surface area contributed by atoms with Gasteiger partial charge in [0.15, 0.2) is 5.78 Å². The second-order valence-corrected chi connectivity index (χ2v) is 7.84. The minimum absolute atomic E-state index is 0.186. The summed E-state index contributed by atoms with van der Waals surface area (Å²) < 4.78 is 5.44. The monoisotopic (exact) mass is 378 g/mol. The highest BCUT2D eigenvalue weighted by molar-refractivity contribution is 6.12. The number of carbonyl (C=O) groups is 2. The van der Waals surface area contributed by atoms with Gasteiger partial charge in [0.25, 0.3) is 0 Å². The molecular formula is C23H26N2O3. The maximum Gasteiger partial charge on any atom is 0.341 e. The molecule has 2 aromatic carbocycles. The lowest BCUT2D eigenvalue weighted by Crippen LogP contribution is -2.63. The van der Waals surface area contributed by atoms with Gasteiger partial charge >= 0.3 is 5.97 Å². The van der Waals surface area contributed by atoms with Crippen molar-refractivity contribution < 1.29 is 14.3 Å². The maximum atomic E-state index is 13.2. The molecule has 0 spiro atoms. The fourth-order valence-electron chi connectivity index (χ4n) is 4.51. The Morgan fingerprint density at radius 2 is 1.61 bits per heavy atom. The molecule has 5 heteroatoms. The summed E-state index contributed by atoms with van der Waals surface area (Å²) in [6.07, 6.45) is 0. The summed E-state index contributed by atoms with van der Waals surface area (Å²) in [7, 11) is 0. The molecule has 2 bridgehead atoms. The Kier molecular flexibility index (Phi) is 4.41. The van der Waals surface area contributed by atoms with E-state index in [1.165, 1.54) is 6.92 Å². The first-order chi connectivity index (χ1) is 13.4. The van der Waals surface area contributed by atoms with E-state index in [9.17, 15) is 9.59 Å². The van der Waals surface area contributed by atoms with E-state index < -0.39 is 11.5 Å². The molecule has 0 aromatic heterocycles. The molecule has 4 rings (SSSR count). The zero-order chi connectivity index (χ0) is 20.1. The molecule has 0 radical (unpaired) electrons. The predicted molar refractivity (Wildman–Crippen MR) is 110 cm³/mol. The molecule has 146 valence electrons. The third kappa shape index (κ3) is 2.68. The van der Waals surface area contributed by atoms with Crippen molar-refractivity contribution in [3.63, 3.8) is 0 Å². The van der Waals surface area contributed by atoms with Crippen LogP contribution in [-0.2, 0) is 27.4 Å². The molecule has 2 aromatic rings. The van der Waals surface area contributed by atoms with Crippen LogP contribution in [-0.4, -0.2) is 30.4 Å². The van der Waals surface area contributed by atoms with Gasteiger partial charge in [-0.2, -0.15) is 0 Å². The largest absolute Gasteiger partial charge is 0.464 e. The number of anilines is 2. The fourth-order valence-corrected chi connectivity index (χ4v) is 4.51. The van der Waals surface area contributed by atoms with Crippen LogP contribution < -0.4 is 9.80 Å². The SMILES string of the molecule is CCOC(=O)[C@]1(C(C)=O)CN2Cc3cc(C)ccc3N1Cc1cc(C)ccc12. The summed E-state index contributed by atoms with van der Waals surface area (Å²) in [4.78, 5) is 30.4. The van der Waals surface area contributed by atoms with Crippen LogP contribution in [0.2, 0.25) is 0 Å². The smallest absolute Gasteiger partial charge is 0.341 e. The molecule has 0 N–H and O–H groups in total. The first-order valence-electron chi connectivity index (χ1n) is 9.76. The number of rotatable bonds is 3. The van der Waals surface area contributed by atoms with Crippen molar-refractivity contribution in [2.24, 2.45) is 0 Å². The zero-order valence-electron chi connectivity index (χ0n) is 16.9. The van der Waals surface area contributed by atoms with E-state index in [4.69, 9.17) is 4.74 Å². The molecule has 2 heterocycles. The van der Waals surface area contributed by atoms with Gasteiger partial charge in [-0.15, -0.1) is 0 Å². The van der Waals surface area contributed by atoms with Gasteiger partial charge in [-0.05, 0) is 51.0 Å². The normalized spacial score (nSPS) is 20.1. The molecule has 0 saturated carbocycles. The highest BCUT2D eigenvalue weighted by Gasteiger charge is 2.54. The Morgan fingerprint density at radius 3 is 2.21 bits per heavy atom. The number of benzene rings is 2. The highest BCUT2D eigenvalue weighted by Crippen LogP contribution is 2.42. The van der Waals surface area contributed by atoms with Gasteiger partial charge in [0.2, 0.25) is 5.54 Å². The van der Waals surface area contributed by atoms with Gasteiger partial charge in [-0.1, -0.05) is 35.4 Å². The number of aryl methyl sites for hydroxylation is 2. The van der Waals surface area contributed by atoms with Crippen LogP contribution in [0.3, 0.4) is 0 Å². The fraction of sp³-hybridized carbons (Fsp3) is 0.391. The summed E-state index contributed by atoms with van der Waals surface area (Å²) in [6.45, 7) is 9.07. The third-order valence-electron chi connectivity index (χ3n) is 5.87. The van der Waals surface area contributed by atoms with Gasteiger partial charge in [0.05, 0.1) is 13.2 Å². The predicted octanol–water partition coefficient (Wildman–Crippen LogP) is 3.53. The van der Waals surface area contributed by atoms with Crippen LogP contribution >= 0.6 is 0 Å². The summed E-state index contributed by atoms with van der Waals surface area (Å²) in [5.74, 6) is -0.653. The molecule has 0 unspecified atom stereocenters. The van der Waals surface area contributed by atoms with Gasteiger partial charge in [0, 0.05) is 24.5 Å². The second-order valence-electron chi connectivity index (χ2n) is 7.84. The number of ketones is 1. The van der Waals surface area contributed by atoms with Crippen LogP contribution in [0.25, 0.3) is 0 Å². The van der Waals surface area contributed by atoms with Crippen molar-refractivity contribution >= 4 is 23.1 Å². The maximum absolute atomic E-state index is 13.2. The number of nitrogens with zero attached hydrogens (tertiary/aromatic N) is 2. The highest BCUT2D eigenvalue weighted by atomic mass is 16.5. The lowest BCUT2D eigenvalue weighted by molar-refractivity contribution is -0.152. The average Bonchev–Trinajstić information content (AvgIpc) is 2.85. The Labute approximate surface area is 165 Å². The summed E-state index contributed by atoms with van der Waals surface area (Å²) in [5.41, 5.74) is 5.23. The first-order valence-corrected chi connectivity index (χ1v) is 9.76. The summed E-state index contributed by atoms with van der Waals surface area (Å²) >= 11 is 0. The quantitative estimate of drug-likeness (QED) is 0.604. The van der Waals surface area contributed by atoms with Gasteiger partial charge in [-0.3, -0.25) is 4.79 Å². The van der Waals surface area contributed by atoms with Crippen molar-refractivity contribution in [3.05, 3.63) is 58.7 Å². The van der Waals surface area contributed by atoms with Crippen molar-refractivity contribution in [3.8, 4) is 0 Å². The van der Waals surface area contributed by atoms with E-state index >= 15 is 0 Å². The van der Waals surface area contributed by atoms with Crippen molar-refractivity contribution in [1.82, 2.24) is 0 Å². The minimum atomic E-state index is -1.36. The Hall–Kier alpha value is -2.82.